The maximum atomic E-state index is 12.7. The molecule has 0 aliphatic heterocycles. The Labute approximate surface area is 387 Å². The van der Waals surface area contributed by atoms with E-state index < -0.39 is 12.1 Å². The molecule has 0 aromatic heterocycles. The van der Waals surface area contributed by atoms with Crippen LogP contribution in [0, 0.1) is 0 Å². The average Bonchev–Trinajstić information content (AvgIpc) is 3.28. The van der Waals surface area contributed by atoms with Gasteiger partial charge in [0.2, 0.25) is 0 Å². The molecule has 0 N–H and O–H groups in total. The van der Waals surface area contributed by atoms with Crippen molar-refractivity contribution in [2.75, 3.05) is 13.2 Å². The van der Waals surface area contributed by atoms with Crippen LogP contribution in [0.4, 0.5) is 0 Å². The van der Waals surface area contributed by atoms with Gasteiger partial charge in [0.1, 0.15) is 13.2 Å². The highest BCUT2D eigenvalue weighted by molar-refractivity contribution is 5.72. The Morgan fingerprint density at radius 1 is 0.349 bits per heavy atom. The molecule has 6 nitrogen and oxygen atoms in total. The van der Waals surface area contributed by atoms with Gasteiger partial charge in [-0.1, -0.05) is 220 Å². The zero-order chi connectivity index (χ0) is 45.8. The molecular weight excluding hydrogens is 781 g/mol. The lowest BCUT2D eigenvalue weighted by Gasteiger charge is -2.18. The van der Waals surface area contributed by atoms with Gasteiger partial charge in [-0.15, -0.1) is 0 Å². The first kappa shape index (κ1) is 59.1. The first-order chi connectivity index (χ1) is 31.0. The van der Waals surface area contributed by atoms with Crippen LogP contribution in [-0.2, 0) is 28.6 Å². The maximum Gasteiger partial charge on any atom is 0.310 e. The number of carbonyl (C=O) groups is 3. The molecule has 0 rings (SSSR count). The maximum absolute atomic E-state index is 12.7. The number of esters is 3. The molecule has 0 fully saturated rings. The number of hydrogen-bond donors (Lipinski definition) is 0. The summed E-state index contributed by atoms with van der Waals surface area (Å²) in [6.07, 6.45) is 68.3. The van der Waals surface area contributed by atoms with Crippen LogP contribution >= 0.6 is 0 Å². The molecule has 0 radical (unpaired) electrons. The summed E-state index contributed by atoms with van der Waals surface area (Å²) in [5.74, 6) is -1.07. The summed E-state index contributed by atoms with van der Waals surface area (Å²) in [5, 5.41) is 0. The number of carbonyl (C=O) groups excluding carboxylic acids is 3. The van der Waals surface area contributed by atoms with E-state index in [2.05, 4.69) is 118 Å². The van der Waals surface area contributed by atoms with E-state index in [0.29, 0.717) is 12.8 Å². The van der Waals surface area contributed by atoms with E-state index in [-0.39, 0.29) is 31.6 Å². The van der Waals surface area contributed by atoms with E-state index in [0.717, 1.165) is 96.3 Å². The van der Waals surface area contributed by atoms with Gasteiger partial charge in [0, 0.05) is 12.8 Å². The van der Waals surface area contributed by atoms with E-state index >= 15 is 0 Å². The highest BCUT2D eigenvalue weighted by atomic mass is 16.6. The molecule has 0 saturated heterocycles. The van der Waals surface area contributed by atoms with Crippen molar-refractivity contribution in [3.8, 4) is 0 Å². The number of ether oxygens (including phenoxy) is 3. The van der Waals surface area contributed by atoms with Crippen LogP contribution in [0.15, 0.2) is 109 Å². The van der Waals surface area contributed by atoms with Gasteiger partial charge in [-0.2, -0.15) is 0 Å². The summed E-state index contributed by atoms with van der Waals surface area (Å²) in [6, 6.07) is 0. The lowest BCUT2D eigenvalue weighted by molar-refractivity contribution is -0.166. The van der Waals surface area contributed by atoms with Crippen molar-refractivity contribution in [3.05, 3.63) is 109 Å². The van der Waals surface area contributed by atoms with Crippen molar-refractivity contribution in [2.45, 2.75) is 219 Å². The quantitative estimate of drug-likeness (QED) is 0.0263. The second-order valence-corrected chi connectivity index (χ2v) is 16.3. The first-order valence-corrected chi connectivity index (χ1v) is 25.4. The molecule has 1 unspecified atom stereocenters. The minimum Gasteiger partial charge on any atom is -0.462 e. The third kappa shape index (κ3) is 49.0. The van der Waals surface area contributed by atoms with Gasteiger partial charge in [0.15, 0.2) is 6.10 Å². The fourth-order valence-corrected chi connectivity index (χ4v) is 6.57. The molecule has 0 amide bonds. The first-order valence-electron chi connectivity index (χ1n) is 25.4. The van der Waals surface area contributed by atoms with E-state index in [1.807, 2.05) is 6.08 Å². The highest BCUT2D eigenvalue weighted by Gasteiger charge is 2.19. The molecule has 356 valence electrons. The fraction of sp³-hybridized carbons (Fsp3) is 0.632. The summed E-state index contributed by atoms with van der Waals surface area (Å²) < 4.78 is 16.6. The molecular formula is C57H92O6. The lowest BCUT2D eigenvalue weighted by Crippen LogP contribution is -2.30. The van der Waals surface area contributed by atoms with Crippen molar-refractivity contribution in [2.24, 2.45) is 0 Å². The second kappa shape index (κ2) is 50.7. The van der Waals surface area contributed by atoms with Gasteiger partial charge in [0.05, 0.1) is 6.42 Å². The molecule has 0 spiro atoms. The summed E-state index contributed by atoms with van der Waals surface area (Å²) in [5.41, 5.74) is 0. The van der Waals surface area contributed by atoms with Gasteiger partial charge in [0.25, 0.3) is 0 Å². The van der Waals surface area contributed by atoms with E-state index in [4.69, 9.17) is 14.2 Å². The Balaban J connectivity index is 4.33. The monoisotopic (exact) mass is 873 g/mol. The van der Waals surface area contributed by atoms with Gasteiger partial charge in [-0.3, -0.25) is 14.4 Å². The molecule has 0 bridgehead atoms. The minimum atomic E-state index is -0.832. The van der Waals surface area contributed by atoms with Crippen LogP contribution in [0.25, 0.3) is 0 Å². The van der Waals surface area contributed by atoms with Crippen LogP contribution in [0.1, 0.15) is 213 Å². The Morgan fingerprint density at radius 2 is 0.667 bits per heavy atom. The number of allylic oxidation sites excluding steroid dienone is 17. The van der Waals surface area contributed by atoms with E-state index in [1.165, 1.54) is 77.0 Å². The van der Waals surface area contributed by atoms with Gasteiger partial charge in [-0.25, -0.2) is 0 Å². The van der Waals surface area contributed by atoms with Crippen molar-refractivity contribution in [1.82, 2.24) is 0 Å². The highest BCUT2D eigenvalue weighted by Crippen LogP contribution is 2.14. The Bertz CT molecular complexity index is 1330. The largest absolute Gasteiger partial charge is 0.462 e. The fourth-order valence-electron chi connectivity index (χ4n) is 6.57. The lowest BCUT2D eigenvalue weighted by atomic mass is 10.1. The number of hydrogen-bond acceptors (Lipinski definition) is 6. The topological polar surface area (TPSA) is 78.9 Å². The molecule has 0 aromatic rings. The van der Waals surface area contributed by atoms with E-state index in [9.17, 15) is 14.4 Å². The van der Waals surface area contributed by atoms with Crippen LogP contribution in [0.3, 0.4) is 0 Å². The van der Waals surface area contributed by atoms with Crippen LogP contribution in [-0.4, -0.2) is 37.2 Å². The van der Waals surface area contributed by atoms with Crippen molar-refractivity contribution < 1.29 is 28.6 Å². The van der Waals surface area contributed by atoms with Gasteiger partial charge >= 0.3 is 17.9 Å². The Kier molecular flexibility index (Phi) is 47.5. The number of unbranched alkanes of at least 4 members (excludes halogenated alkanes) is 16. The summed E-state index contributed by atoms with van der Waals surface area (Å²) in [6.45, 7) is 6.26. The van der Waals surface area contributed by atoms with Crippen molar-refractivity contribution >= 4 is 17.9 Å². The molecule has 63 heavy (non-hydrogen) atoms. The van der Waals surface area contributed by atoms with E-state index in [1.54, 1.807) is 6.08 Å². The average molecular weight is 873 g/mol. The summed E-state index contributed by atoms with van der Waals surface area (Å²) >= 11 is 0. The molecule has 0 aliphatic rings. The van der Waals surface area contributed by atoms with Crippen LogP contribution in [0.5, 0.6) is 0 Å². The Morgan fingerprint density at radius 3 is 1.05 bits per heavy atom. The molecule has 0 aromatic carbocycles. The predicted molar refractivity (Wildman–Crippen MR) is 270 cm³/mol. The standard InChI is InChI=1S/C57H92O6/c1-4-7-10-13-16-18-20-22-24-25-26-27-28-29-30-31-33-34-36-38-41-44-47-50-56(59)62-53-54(52-61-55(58)49-46-43-40-15-12-9-6-3)63-57(60)51-48-45-42-39-37-35-32-23-21-19-17-14-11-8-5-2/h7-8,10-11,16-19,22-24,26-27,32,37,39,45,48,54H,4-6,9,12-15,20-21,25,28-31,33-36,38,40-44,46-47,49-53H2,1-3H3/b10-7-,11-8-,18-16-,19-17-,24-22-,27-26-,32-23-,39-37-,48-45-. The molecule has 0 aliphatic carbocycles. The molecule has 0 saturated carbocycles. The number of rotatable bonds is 44. The molecule has 6 heteroatoms. The smallest absolute Gasteiger partial charge is 0.310 e. The zero-order valence-corrected chi connectivity index (χ0v) is 40.5. The third-order valence-corrected chi connectivity index (χ3v) is 10.3. The molecule has 1 atom stereocenters. The van der Waals surface area contributed by atoms with Crippen LogP contribution < -0.4 is 0 Å². The summed E-state index contributed by atoms with van der Waals surface area (Å²) in [4.78, 5) is 37.7. The Hall–Kier alpha value is -3.93. The normalized spacial score (nSPS) is 13.0. The SMILES string of the molecule is CC/C=C\C/C=C\C/C=C\C/C=C\C/C=C\CC(=O)OC(COC(=O)CCCCCCCCC)COC(=O)CCCCCCCCCCCC/C=C\C/C=C\C/C=C\C/C=C\CC. The van der Waals surface area contributed by atoms with Crippen LogP contribution in [0.2, 0.25) is 0 Å². The third-order valence-electron chi connectivity index (χ3n) is 10.3. The van der Waals surface area contributed by atoms with Gasteiger partial charge in [-0.05, 0) is 83.5 Å². The minimum absolute atomic E-state index is 0.0939. The van der Waals surface area contributed by atoms with Crippen molar-refractivity contribution in [1.29, 1.82) is 0 Å². The van der Waals surface area contributed by atoms with Crippen molar-refractivity contribution in [3.63, 3.8) is 0 Å². The predicted octanol–water partition coefficient (Wildman–Crippen LogP) is 16.8. The second-order valence-electron chi connectivity index (χ2n) is 16.3. The van der Waals surface area contributed by atoms with Gasteiger partial charge < -0.3 is 14.2 Å². The summed E-state index contributed by atoms with van der Waals surface area (Å²) in [7, 11) is 0. The molecule has 0 heterocycles. The zero-order valence-electron chi connectivity index (χ0n) is 40.5.